The van der Waals surface area contributed by atoms with Crippen molar-refractivity contribution >= 4 is 17.3 Å². The van der Waals surface area contributed by atoms with Crippen LogP contribution in [0, 0.1) is 5.92 Å². The minimum atomic E-state index is 0.175. The van der Waals surface area contributed by atoms with Crippen molar-refractivity contribution in [3.8, 4) is 0 Å². The van der Waals surface area contributed by atoms with Gasteiger partial charge >= 0.3 is 0 Å². The van der Waals surface area contributed by atoms with E-state index in [0.717, 1.165) is 65.3 Å². The highest BCUT2D eigenvalue weighted by Crippen LogP contribution is 2.23. The zero-order valence-electron chi connectivity index (χ0n) is 15.6. The van der Waals surface area contributed by atoms with Crippen LogP contribution in [-0.2, 0) is 9.53 Å². The number of amides is 1. The molecule has 1 aromatic rings. The molecule has 0 saturated carbocycles. The molecule has 25 heavy (non-hydrogen) atoms. The van der Waals surface area contributed by atoms with E-state index in [0.29, 0.717) is 5.91 Å². The number of ether oxygens (including phenoxy) is 1. The van der Waals surface area contributed by atoms with E-state index < -0.39 is 0 Å². The fourth-order valence-electron chi connectivity index (χ4n) is 3.85. The van der Waals surface area contributed by atoms with Crippen LogP contribution < -0.4 is 9.80 Å². The van der Waals surface area contributed by atoms with Gasteiger partial charge < -0.3 is 19.4 Å². The predicted octanol–water partition coefficient (Wildman–Crippen LogP) is 2.61. The van der Waals surface area contributed by atoms with Gasteiger partial charge in [-0.15, -0.1) is 0 Å². The maximum atomic E-state index is 12.6. The Balaban J connectivity index is 1.54. The van der Waals surface area contributed by atoms with Crippen molar-refractivity contribution in [2.75, 3.05) is 62.3 Å². The van der Waals surface area contributed by atoms with E-state index in [4.69, 9.17) is 4.74 Å². The van der Waals surface area contributed by atoms with Crippen LogP contribution in [-0.4, -0.2) is 63.3 Å². The van der Waals surface area contributed by atoms with Gasteiger partial charge in [0.05, 0.1) is 0 Å². The first-order valence-corrected chi connectivity index (χ1v) is 9.69. The van der Waals surface area contributed by atoms with E-state index >= 15 is 0 Å². The molecule has 1 aromatic carbocycles. The number of anilines is 2. The molecule has 5 nitrogen and oxygen atoms in total. The number of carbonyl (C=O) groups excluding carboxylic acids is 1. The molecule has 1 amide bonds. The van der Waals surface area contributed by atoms with Crippen LogP contribution in [0.5, 0.6) is 0 Å². The van der Waals surface area contributed by atoms with Gasteiger partial charge in [0, 0.05) is 69.8 Å². The molecule has 0 aromatic heterocycles. The fourth-order valence-corrected chi connectivity index (χ4v) is 3.85. The Bertz CT molecular complexity index is 543. The lowest BCUT2D eigenvalue weighted by atomic mass is 9.98. The van der Waals surface area contributed by atoms with E-state index in [1.54, 1.807) is 0 Å². The topological polar surface area (TPSA) is 36.0 Å². The van der Waals surface area contributed by atoms with Crippen LogP contribution in [0.2, 0.25) is 0 Å². The van der Waals surface area contributed by atoms with Crippen LogP contribution in [0.4, 0.5) is 11.4 Å². The smallest absolute Gasteiger partial charge is 0.225 e. The Morgan fingerprint density at radius 1 is 1.04 bits per heavy atom. The summed E-state index contributed by atoms with van der Waals surface area (Å²) in [6.07, 6.45) is 1.76. The molecule has 2 heterocycles. The van der Waals surface area contributed by atoms with E-state index in [1.807, 2.05) is 0 Å². The third-order valence-corrected chi connectivity index (χ3v) is 5.51. The van der Waals surface area contributed by atoms with Gasteiger partial charge in [0.25, 0.3) is 0 Å². The molecule has 0 unspecified atom stereocenters. The van der Waals surface area contributed by atoms with Crippen LogP contribution in [0.1, 0.15) is 26.7 Å². The number of nitrogens with zero attached hydrogens (tertiary/aromatic N) is 3. The van der Waals surface area contributed by atoms with Gasteiger partial charge in [-0.05, 0) is 51.0 Å². The first-order chi connectivity index (χ1) is 12.2. The summed E-state index contributed by atoms with van der Waals surface area (Å²) < 4.78 is 5.37. The van der Waals surface area contributed by atoms with Crippen molar-refractivity contribution in [3.05, 3.63) is 24.3 Å². The van der Waals surface area contributed by atoms with Gasteiger partial charge in [0.1, 0.15) is 0 Å². The highest BCUT2D eigenvalue weighted by molar-refractivity contribution is 5.79. The van der Waals surface area contributed by atoms with Crippen molar-refractivity contribution in [1.82, 2.24) is 4.90 Å². The molecular formula is C20H31N3O2. The summed E-state index contributed by atoms with van der Waals surface area (Å²) in [4.78, 5) is 19.4. The average Bonchev–Trinajstić information content (AvgIpc) is 2.70. The van der Waals surface area contributed by atoms with E-state index in [2.05, 4.69) is 52.8 Å². The van der Waals surface area contributed by atoms with Gasteiger partial charge in [-0.2, -0.15) is 0 Å². The molecule has 2 fully saturated rings. The summed E-state index contributed by atoms with van der Waals surface area (Å²) in [5.74, 6) is 0.508. The standard InChI is InChI=1S/C20H31N3O2/c1-3-21(4-2)18-5-7-19(8-6-18)22-11-13-23(14-12-22)20(24)17-9-15-25-16-10-17/h5-8,17H,3-4,9-16H2,1-2H3. The summed E-state index contributed by atoms with van der Waals surface area (Å²) in [6.45, 7) is 11.4. The second kappa shape index (κ2) is 8.56. The summed E-state index contributed by atoms with van der Waals surface area (Å²) in [5.41, 5.74) is 2.54. The Kier molecular flexibility index (Phi) is 6.19. The molecule has 0 atom stereocenters. The van der Waals surface area contributed by atoms with Crippen molar-refractivity contribution in [2.24, 2.45) is 5.92 Å². The van der Waals surface area contributed by atoms with Gasteiger partial charge in [-0.25, -0.2) is 0 Å². The summed E-state index contributed by atoms with van der Waals surface area (Å²) in [6, 6.07) is 8.84. The van der Waals surface area contributed by atoms with Gasteiger partial charge in [-0.3, -0.25) is 4.79 Å². The number of piperazine rings is 1. The van der Waals surface area contributed by atoms with Crippen LogP contribution >= 0.6 is 0 Å². The monoisotopic (exact) mass is 345 g/mol. The van der Waals surface area contributed by atoms with Gasteiger partial charge in [0.15, 0.2) is 0 Å². The average molecular weight is 345 g/mol. The largest absolute Gasteiger partial charge is 0.381 e. The van der Waals surface area contributed by atoms with Gasteiger partial charge in [-0.1, -0.05) is 0 Å². The number of hydrogen-bond donors (Lipinski definition) is 0. The zero-order valence-corrected chi connectivity index (χ0v) is 15.6. The molecular weight excluding hydrogens is 314 g/mol. The molecule has 0 radical (unpaired) electrons. The van der Waals surface area contributed by atoms with Crippen molar-refractivity contribution in [1.29, 1.82) is 0 Å². The summed E-state index contributed by atoms with van der Waals surface area (Å²) in [5, 5.41) is 0. The molecule has 3 rings (SSSR count). The quantitative estimate of drug-likeness (QED) is 0.822. The Morgan fingerprint density at radius 3 is 2.20 bits per heavy atom. The Labute approximate surface area is 151 Å². The van der Waals surface area contributed by atoms with E-state index in [-0.39, 0.29) is 5.92 Å². The number of rotatable bonds is 5. The van der Waals surface area contributed by atoms with Crippen molar-refractivity contribution < 1.29 is 9.53 Å². The van der Waals surface area contributed by atoms with Crippen molar-refractivity contribution in [3.63, 3.8) is 0 Å². The molecule has 2 aliphatic heterocycles. The lowest BCUT2D eigenvalue weighted by molar-refractivity contribution is -0.138. The molecule has 0 N–H and O–H groups in total. The van der Waals surface area contributed by atoms with Crippen LogP contribution in [0.3, 0.4) is 0 Å². The first-order valence-electron chi connectivity index (χ1n) is 9.69. The third kappa shape index (κ3) is 4.27. The van der Waals surface area contributed by atoms with Crippen LogP contribution in [0.15, 0.2) is 24.3 Å². The number of carbonyl (C=O) groups is 1. The predicted molar refractivity (Wildman–Crippen MR) is 102 cm³/mol. The first kappa shape index (κ1) is 18.1. The minimum absolute atomic E-state index is 0.175. The molecule has 0 spiro atoms. The third-order valence-electron chi connectivity index (χ3n) is 5.51. The van der Waals surface area contributed by atoms with Crippen LogP contribution in [0.25, 0.3) is 0 Å². The molecule has 2 aliphatic rings. The number of hydrogen-bond acceptors (Lipinski definition) is 4. The van der Waals surface area contributed by atoms with E-state index in [9.17, 15) is 4.79 Å². The fraction of sp³-hybridized carbons (Fsp3) is 0.650. The highest BCUT2D eigenvalue weighted by atomic mass is 16.5. The lowest BCUT2D eigenvalue weighted by Gasteiger charge is -2.38. The molecule has 138 valence electrons. The SMILES string of the molecule is CCN(CC)c1ccc(N2CCN(C(=O)C3CCOCC3)CC2)cc1. The van der Waals surface area contributed by atoms with Gasteiger partial charge in [0.2, 0.25) is 5.91 Å². The molecule has 5 heteroatoms. The Hall–Kier alpha value is -1.75. The van der Waals surface area contributed by atoms with Crippen molar-refractivity contribution in [2.45, 2.75) is 26.7 Å². The normalized spacial score (nSPS) is 19.1. The second-order valence-electron chi connectivity index (χ2n) is 6.89. The maximum Gasteiger partial charge on any atom is 0.225 e. The molecule has 0 bridgehead atoms. The molecule has 2 saturated heterocycles. The maximum absolute atomic E-state index is 12.6. The van der Waals surface area contributed by atoms with E-state index in [1.165, 1.54) is 11.4 Å². The summed E-state index contributed by atoms with van der Waals surface area (Å²) in [7, 11) is 0. The molecule has 0 aliphatic carbocycles. The zero-order chi connectivity index (χ0) is 17.6. The number of benzene rings is 1. The minimum Gasteiger partial charge on any atom is -0.381 e. The Morgan fingerprint density at radius 2 is 1.64 bits per heavy atom. The summed E-state index contributed by atoms with van der Waals surface area (Å²) >= 11 is 0. The highest BCUT2D eigenvalue weighted by Gasteiger charge is 2.28. The lowest BCUT2D eigenvalue weighted by Crippen LogP contribution is -2.51. The second-order valence-corrected chi connectivity index (χ2v) is 6.89.